The van der Waals surface area contributed by atoms with Crippen molar-refractivity contribution < 1.29 is 4.79 Å². The van der Waals surface area contributed by atoms with Gasteiger partial charge in [0, 0.05) is 18.0 Å². The van der Waals surface area contributed by atoms with Crippen LogP contribution < -0.4 is 5.32 Å². The number of rotatable bonds is 5. The molecule has 0 saturated carbocycles. The van der Waals surface area contributed by atoms with Crippen molar-refractivity contribution in [3.63, 3.8) is 0 Å². The summed E-state index contributed by atoms with van der Waals surface area (Å²) in [7, 11) is 0. The van der Waals surface area contributed by atoms with Gasteiger partial charge in [-0.05, 0) is 36.6 Å². The first-order valence-corrected chi connectivity index (χ1v) is 7.08. The van der Waals surface area contributed by atoms with Gasteiger partial charge in [-0.25, -0.2) is 0 Å². The summed E-state index contributed by atoms with van der Waals surface area (Å²) in [4.78, 5) is 11.8. The Labute approximate surface area is 124 Å². The molecule has 0 aliphatic rings. The molecule has 0 spiro atoms. The molecule has 0 radical (unpaired) electrons. The molecule has 0 bridgehead atoms. The Kier molecular flexibility index (Phi) is 5.19. The highest BCUT2D eigenvalue weighted by Gasteiger charge is 2.02. The van der Waals surface area contributed by atoms with Crippen molar-refractivity contribution >= 4 is 17.5 Å². The van der Waals surface area contributed by atoms with E-state index in [-0.39, 0.29) is 5.91 Å². The maximum Gasteiger partial charge on any atom is 0.220 e. The lowest BCUT2D eigenvalue weighted by atomic mass is 10.1. The van der Waals surface area contributed by atoms with Crippen molar-refractivity contribution in [3.05, 3.63) is 70.2 Å². The summed E-state index contributed by atoms with van der Waals surface area (Å²) in [5.41, 5.74) is 3.48. The first-order valence-electron chi connectivity index (χ1n) is 6.70. The average molecular weight is 288 g/mol. The van der Waals surface area contributed by atoms with Gasteiger partial charge in [0.1, 0.15) is 0 Å². The molecule has 20 heavy (non-hydrogen) atoms. The second-order valence-electron chi connectivity index (χ2n) is 4.89. The van der Waals surface area contributed by atoms with Crippen molar-refractivity contribution in [2.75, 3.05) is 0 Å². The van der Waals surface area contributed by atoms with E-state index in [4.69, 9.17) is 11.6 Å². The third-order valence-corrected chi connectivity index (χ3v) is 3.42. The van der Waals surface area contributed by atoms with E-state index in [0.717, 1.165) is 12.0 Å². The van der Waals surface area contributed by atoms with Crippen molar-refractivity contribution in [2.24, 2.45) is 0 Å². The Morgan fingerprint density at radius 3 is 2.25 bits per heavy atom. The van der Waals surface area contributed by atoms with Crippen LogP contribution in [0.15, 0.2) is 48.5 Å². The summed E-state index contributed by atoms with van der Waals surface area (Å²) in [5, 5.41) is 3.63. The molecule has 0 aromatic heterocycles. The van der Waals surface area contributed by atoms with Crippen LogP contribution in [0.2, 0.25) is 5.02 Å². The second kappa shape index (κ2) is 7.11. The van der Waals surface area contributed by atoms with Crippen LogP contribution in [-0.4, -0.2) is 5.91 Å². The molecule has 0 aliphatic carbocycles. The van der Waals surface area contributed by atoms with Crippen LogP contribution in [0.25, 0.3) is 0 Å². The number of hydrogen-bond donors (Lipinski definition) is 1. The first-order chi connectivity index (χ1) is 9.63. The number of benzene rings is 2. The number of nitrogens with one attached hydrogen (secondary N) is 1. The molecule has 3 heteroatoms. The van der Waals surface area contributed by atoms with E-state index in [9.17, 15) is 4.79 Å². The van der Waals surface area contributed by atoms with E-state index >= 15 is 0 Å². The van der Waals surface area contributed by atoms with Crippen LogP contribution in [0, 0.1) is 6.92 Å². The monoisotopic (exact) mass is 287 g/mol. The third kappa shape index (κ3) is 4.71. The highest BCUT2D eigenvalue weighted by atomic mass is 35.5. The fourth-order valence-electron chi connectivity index (χ4n) is 1.90. The lowest BCUT2D eigenvalue weighted by Gasteiger charge is -2.06. The minimum atomic E-state index is 0.0699. The quantitative estimate of drug-likeness (QED) is 0.888. The van der Waals surface area contributed by atoms with Gasteiger partial charge in [0.2, 0.25) is 5.91 Å². The molecule has 2 nitrogen and oxygen atoms in total. The maximum absolute atomic E-state index is 11.8. The van der Waals surface area contributed by atoms with Crippen molar-refractivity contribution in [3.8, 4) is 0 Å². The number of aryl methyl sites for hydroxylation is 2. The minimum absolute atomic E-state index is 0.0699. The molecule has 0 saturated heterocycles. The van der Waals surface area contributed by atoms with Crippen LogP contribution in [0.3, 0.4) is 0 Å². The van der Waals surface area contributed by atoms with Gasteiger partial charge in [0.25, 0.3) is 0 Å². The molecular formula is C17H18ClNO. The fourth-order valence-corrected chi connectivity index (χ4v) is 2.03. The minimum Gasteiger partial charge on any atom is -0.352 e. The number of halogens is 1. The molecule has 0 heterocycles. The number of amides is 1. The van der Waals surface area contributed by atoms with Gasteiger partial charge in [-0.2, -0.15) is 0 Å². The summed E-state index contributed by atoms with van der Waals surface area (Å²) >= 11 is 5.82. The van der Waals surface area contributed by atoms with Crippen LogP contribution in [0.4, 0.5) is 0 Å². The molecule has 1 amide bonds. The molecule has 2 rings (SSSR count). The lowest BCUT2D eigenvalue weighted by molar-refractivity contribution is -0.121. The van der Waals surface area contributed by atoms with E-state index in [1.54, 1.807) is 0 Å². The van der Waals surface area contributed by atoms with E-state index in [0.29, 0.717) is 18.0 Å². The highest BCUT2D eigenvalue weighted by Crippen LogP contribution is 2.09. The van der Waals surface area contributed by atoms with E-state index < -0.39 is 0 Å². The summed E-state index contributed by atoms with van der Waals surface area (Å²) in [6, 6.07) is 15.8. The molecular weight excluding hydrogens is 270 g/mol. The van der Waals surface area contributed by atoms with Gasteiger partial charge in [-0.3, -0.25) is 4.79 Å². The molecule has 0 aliphatic heterocycles. The smallest absolute Gasteiger partial charge is 0.220 e. The molecule has 0 atom stereocenters. The molecule has 0 unspecified atom stereocenters. The van der Waals surface area contributed by atoms with Gasteiger partial charge in [-0.15, -0.1) is 0 Å². The zero-order valence-corrected chi connectivity index (χ0v) is 12.3. The Bertz CT molecular complexity index is 509. The summed E-state index contributed by atoms with van der Waals surface area (Å²) < 4.78 is 0. The van der Waals surface area contributed by atoms with Crippen molar-refractivity contribution in [1.29, 1.82) is 0 Å². The van der Waals surface area contributed by atoms with Crippen LogP contribution >= 0.6 is 11.6 Å². The average Bonchev–Trinajstić information content (AvgIpc) is 2.46. The highest BCUT2D eigenvalue weighted by molar-refractivity contribution is 6.30. The normalized spacial score (nSPS) is 10.3. The number of carbonyl (C=O) groups is 1. The molecule has 2 aromatic carbocycles. The zero-order chi connectivity index (χ0) is 14.4. The molecule has 0 fully saturated rings. The third-order valence-electron chi connectivity index (χ3n) is 3.16. The predicted molar refractivity (Wildman–Crippen MR) is 82.8 cm³/mol. The second-order valence-corrected chi connectivity index (χ2v) is 5.33. The Hall–Kier alpha value is -1.80. The largest absolute Gasteiger partial charge is 0.352 e. The first kappa shape index (κ1) is 14.6. The zero-order valence-electron chi connectivity index (χ0n) is 11.5. The van der Waals surface area contributed by atoms with Gasteiger partial charge in [-0.1, -0.05) is 53.6 Å². The fraction of sp³-hybridized carbons (Fsp3) is 0.235. The molecule has 2 aromatic rings. The van der Waals surface area contributed by atoms with Crippen LogP contribution in [0.1, 0.15) is 23.1 Å². The maximum atomic E-state index is 11.8. The Morgan fingerprint density at radius 2 is 1.60 bits per heavy atom. The summed E-state index contributed by atoms with van der Waals surface area (Å²) in [6.07, 6.45) is 1.28. The number of carbonyl (C=O) groups excluding carboxylic acids is 1. The molecule has 1 N–H and O–H groups in total. The Balaban J connectivity index is 1.75. The van der Waals surface area contributed by atoms with E-state index in [1.807, 2.05) is 24.3 Å². The summed E-state index contributed by atoms with van der Waals surface area (Å²) in [5.74, 6) is 0.0699. The standard InChI is InChI=1S/C17H18ClNO/c1-13-2-4-14(5-3-13)8-11-17(20)19-12-15-6-9-16(18)10-7-15/h2-7,9-10H,8,11-12H2,1H3,(H,19,20). The van der Waals surface area contributed by atoms with Gasteiger partial charge in [0.15, 0.2) is 0 Å². The number of hydrogen-bond acceptors (Lipinski definition) is 1. The molecule has 104 valence electrons. The van der Waals surface area contributed by atoms with Gasteiger partial charge < -0.3 is 5.32 Å². The van der Waals surface area contributed by atoms with Crippen molar-refractivity contribution in [1.82, 2.24) is 5.32 Å². The van der Waals surface area contributed by atoms with Crippen LogP contribution in [-0.2, 0) is 17.8 Å². The van der Waals surface area contributed by atoms with Crippen molar-refractivity contribution in [2.45, 2.75) is 26.3 Å². The van der Waals surface area contributed by atoms with Gasteiger partial charge in [0.05, 0.1) is 0 Å². The van der Waals surface area contributed by atoms with E-state index in [1.165, 1.54) is 11.1 Å². The Morgan fingerprint density at radius 1 is 1.00 bits per heavy atom. The SMILES string of the molecule is Cc1ccc(CCC(=O)NCc2ccc(Cl)cc2)cc1. The van der Waals surface area contributed by atoms with E-state index in [2.05, 4.69) is 36.5 Å². The lowest BCUT2D eigenvalue weighted by Crippen LogP contribution is -2.22. The van der Waals surface area contributed by atoms with Gasteiger partial charge >= 0.3 is 0 Å². The topological polar surface area (TPSA) is 29.1 Å². The van der Waals surface area contributed by atoms with Crippen LogP contribution in [0.5, 0.6) is 0 Å². The predicted octanol–water partition coefficient (Wildman–Crippen LogP) is 3.90. The summed E-state index contributed by atoms with van der Waals surface area (Å²) in [6.45, 7) is 2.60.